The number of benzene rings is 1. The van der Waals surface area contributed by atoms with Crippen molar-refractivity contribution in [2.45, 2.75) is 45.8 Å². The van der Waals surface area contributed by atoms with E-state index in [9.17, 15) is 9.59 Å². The van der Waals surface area contributed by atoms with E-state index in [2.05, 4.69) is 22.9 Å². The molecule has 0 saturated heterocycles. The molecule has 0 saturated carbocycles. The molecule has 2 aromatic rings. The number of nitrogens with zero attached hydrogens (tertiary/aromatic N) is 2. The van der Waals surface area contributed by atoms with Gasteiger partial charge in [0.15, 0.2) is 0 Å². The Bertz CT molecular complexity index is 877. The van der Waals surface area contributed by atoms with Crippen LogP contribution in [-0.2, 0) is 13.0 Å². The molecule has 27 heavy (non-hydrogen) atoms. The molecular weight excluding hydrogens is 366 g/mol. The Morgan fingerprint density at radius 2 is 1.96 bits per heavy atom. The smallest absolute Gasteiger partial charge is 0.263 e. The van der Waals surface area contributed by atoms with E-state index in [1.807, 2.05) is 13.8 Å². The maximum Gasteiger partial charge on any atom is 0.263 e. The van der Waals surface area contributed by atoms with Gasteiger partial charge in [0.25, 0.3) is 11.5 Å². The number of amides is 1. The molecular formula is C19H26ClN5O2. The lowest BCUT2D eigenvalue weighted by Gasteiger charge is -2.25. The van der Waals surface area contributed by atoms with Crippen molar-refractivity contribution in [3.8, 4) is 5.69 Å². The van der Waals surface area contributed by atoms with E-state index in [0.717, 1.165) is 11.3 Å². The van der Waals surface area contributed by atoms with Gasteiger partial charge in [-0.15, -0.1) is 12.4 Å². The summed E-state index contributed by atoms with van der Waals surface area (Å²) < 4.78 is 1.60. The SMILES string of the molecule is CNC(=O)c1ccc(-n2c(NC(C)C)nc3c(c2=O)C[C@@H](C)NC3)cc1.Cl. The normalized spacial score (nSPS) is 15.7. The molecule has 1 aliphatic heterocycles. The second kappa shape index (κ2) is 8.54. The van der Waals surface area contributed by atoms with Gasteiger partial charge < -0.3 is 16.0 Å². The number of carbonyl (C=O) groups excluding carboxylic acids is 1. The molecule has 0 unspecified atom stereocenters. The topological polar surface area (TPSA) is 88.1 Å². The van der Waals surface area contributed by atoms with Crippen molar-refractivity contribution in [1.82, 2.24) is 20.2 Å². The zero-order valence-corrected chi connectivity index (χ0v) is 16.8. The molecule has 1 aromatic carbocycles. The van der Waals surface area contributed by atoms with E-state index < -0.39 is 0 Å². The van der Waals surface area contributed by atoms with Crippen LogP contribution in [0.25, 0.3) is 5.69 Å². The largest absolute Gasteiger partial charge is 0.355 e. The molecule has 146 valence electrons. The zero-order chi connectivity index (χ0) is 18.8. The minimum atomic E-state index is -0.159. The van der Waals surface area contributed by atoms with Gasteiger partial charge in [0.2, 0.25) is 5.95 Å². The maximum absolute atomic E-state index is 13.2. The first kappa shape index (κ1) is 20.9. The van der Waals surface area contributed by atoms with Gasteiger partial charge >= 0.3 is 0 Å². The van der Waals surface area contributed by atoms with E-state index >= 15 is 0 Å². The fourth-order valence-corrected chi connectivity index (χ4v) is 3.10. The second-order valence-electron chi connectivity index (χ2n) is 6.91. The van der Waals surface area contributed by atoms with Crippen LogP contribution in [0.2, 0.25) is 0 Å². The van der Waals surface area contributed by atoms with E-state index in [-0.39, 0.29) is 36.0 Å². The highest BCUT2D eigenvalue weighted by Gasteiger charge is 2.23. The Hall–Kier alpha value is -2.38. The number of carbonyl (C=O) groups is 1. The van der Waals surface area contributed by atoms with Crippen LogP contribution in [0.5, 0.6) is 0 Å². The number of anilines is 1. The Morgan fingerprint density at radius 1 is 1.30 bits per heavy atom. The summed E-state index contributed by atoms with van der Waals surface area (Å²) in [5.74, 6) is 0.362. The molecule has 0 aliphatic carbocycles. The number of hydrogen-bond acceptors (Lipinski definition) is 5. The molecule has 0 radical (unpaired) electrons. The number of nitrogens with one attached hydrogen (secondary N) is 3. The van der Waals surface area contributed by atoms with E-state index in [4.69, 9.17) is 4.98 Å². The molecule has 1 aromatic heterocycles. The maximum atomic E-state index is 13.2. The molecule has 2 heterocycles. The lowest BCUT2D eigenvalue weighted by molar-refractivity contribution is 0.0963. The molecule has 0 fully saturated rings. The van der Waals surface area contributed by atoms with E-state index in [1.165, 1.54) is 0 Å². The minimum Gasteiger partial charge on any atom is -0.355 e. The molecule has 1 atom stereocenters. The van der Waals surface area contributed by atoms with Crippen molar-refractivity contribution in [3.05, 3.63) is 51.4 Å². The molecule has 0 bridgehead atoms. The van der Waals surface area contributed by atoms with Crippen molar-refractivity contribution in [1.29, 1.82) is 0 Å². The van der Waals surface area contributed by atoms with Crippen molar-refractivity contribution < 1.29 is 4.79 Å². The molecule has 1 aliphatic rings. The monoisotopic (exact) mass is 391 g/mol. The summed E-state index contributed by atoms with van der Waals surface area (Å²) in [6.45, 7) is 6.66. The third-order valence-corrected chi connectivity index (χ3v) is 4.42. The lowest BCUT2D eigenvalue weighted by Crippen LogP contribution is -2.40. The van der Waals surface area contributed by atoms with E-state index in [0.29, 0.717) is 30.2 Å². The first-order valence-electron chi connectivity index (χ1n) is 8.88. The van der Waals surface area contributed by atoms with Crippen molar-refractivity contribution >= 4 is 24.3 Å². The Morgan fingerprint density at radius 3 is 2.56 bits per heavy atom. The molecule has 7 nitrogen and oxygen atoms in total. The quantitative estimate of drug-likeness (QED) is 0.740. The summed E-state index contributed by atoms with van der Waals surface area (Å²) >= 11 is 0. The van der Waals surface area contributed by atoms with E-state index in [1.54, 1.807) is 35.9 Å². The molecule has 8 heteroatoms. The first-order chi connectivity index (χ1) is 12.4. The molecule has 1 amide bonds. The average Bonchev–Trinajstić information content (AvgIpc) is 2.62. The lowest BCUT2D eigenvalue weighted by atomic mass is 10.0. The van der Waals surface area contributed by atoms with Gasteiger partial charge in [-0.3, -0.25) is 9.59 Å². The third kappa shape index (κ3) is 4.31. The summed E-state index contributed by atoms with van der Waals surface area (Å²) in [7, 11) is 1.59. The predicted octanol–water partition coefficient (Wildman–Crippen LogP) is 1.87. The fourth-order valence-electron chi connectivity index (χ4n) is 3.10. The Kier molecular flexibility index (Phi) is 6.62. The van der Waals surface area contributed by atoms with Crippen LogP contribution in [0, 0.1) is 0 Å². The van der Waals surface area contributed by atoms with Crippen LogP contribution >= 0.6 is 12.4 Å². The Labute approximate surface area is 165 Å². The summed E-state index contributed by atoms with van der Waals surface area (Å²) in [5.41, 5.74) is 2.73. The molecule has 3 rings (SSSR count). The van der Waals surface area contributed by atoms with Gasteiger partial charge in [0.1, 0.15) is 0 Å². The van der Waals surface area contributed by atoms with Crippen LogP contribution in [0.3, 0.4) is 0 Å². The predicted molar refractivity (Wildman–Crippen MR) is 109 cm³/mol. The third-order valence-electron chi connectivity index (χ3n) is 4.42. The highest BCUT2D eigenvalue weighted by Crippen LogP contribution is 2.19. The minimum absolute atomic E-state index is 0. The summed E-state index contributed by atoms with van der Waals surface area (Å²) in [6.07, 6.45) is 0.652. The standard InChI is InChI=1S/C19H25N5O2.ClH/c1-11(2)22-19-23-16-10-21-12(3)9-15(16)18(26)24(19)14-7-5-13(6-8-14)17(25)20-4;/h5-8,11-12,21H,9-10H2,1-4H3,(H,20,25)(H,22,23);1H/t12-;/m1./s1. The van der Waals surface area contributed by atoms with Gasteiger partial charge in [-0.05, 0) is 51.5 Å². The second-order valence-corrected chi connectivity index (χ2v) is 6.91. The van der Waals surface area contributed by atoms with Crippen molar-refractivity contribution in [3.63, 3.8) is 0 Å². The Balaban J connectivity index is 0.00000261. The van der Waals surface area contributed by atoms with Gasteiger partial charge in [0.05, 0.1) is 11.4 Å². The number of halogens is 1. The zero-order valence-electron chi connectivity index (χ0n) is 16.0. The number of aromatic nitrogens is 2. The highest BCUT2D eigenvalue weighted by atomic mass is 35.5. The summed E-state index contributed by atoms with van der Waals surface area (Å²) in [6, 6.07) is 7.34. The van der Waals surface area contributed by atoms with Crippen molar-refractivity contribution in [2.75, 3.05) is 12.4 Å². The van der Waals surface area contributed by atoms with Crippen LogP contribution in [0.1, 0.15) is 42.4 Å². The summed E-state index contributed by atoms with van der Waals surface area (Å²) in [4.78, 5) is 29.7. The molecule has 0 spiro atoms. The van der Waals surface area contributed by atoms with Gasteiger partial charge in [-0.25, -0.2) is 9.55 Å². The average molecular weight is 392 g/mol. The molecule has 3 N–H and O–H groups in total. The number of rotatable bonds is 4. The highest BCUT2D eigenvalue weighted by molar-refractivity contribution is 5.94. The van der Waals surface area contributed by atoms with Gasteiger partial charge in [-0.1, -0.05) is 0 Å². The van der Waals surface area contributed by atoms with Crippen LogP contribution in [-0.4, -0.2) is 34.6 Å². The van der Waals surface area contributed by atoms with Gasteiger partial charge in [0, 0.05) is 36.8 Å². The summed E-state index contributed by atoms with van der Waals surface area (Å²) in [5, 5.41) is 9.21. The van der Waals surface area contributed by atoms with Crippen molar-refractivity contribution in [2.24, 2.45) is 0 Å². The number of fused-ring (bicyclic) bond motifs is 1. The van der Waals surface area contributed by atoms with Crippen LogP contribution in [0.4, 0.5) is 5.95 Å². The van der Waals surface area contributed by atoms with Crippen LogP contribution < -0.4 is 21.5 Å². The van der Waals surface area contributed by atoms with Crippen LogP contribution in [0.15, 0.2) is 29.1 Å². The first-order valence-corrected chi connectivity index (χ1v) is 8.88. The number of hydrogen-bond donors (Lipinski definition) is 3. The van der Waals surface area contributed by atoms with Gasteiger partial charge in [-0.2, -0.15) is 0 Å². The fraction of sp³-hybridized carbons (Fsp3) is 0.421.